The number of fused-ring (bicyclic) bond motifs is 1. The first-order valence-electron chi connectivity index (χ1n) is 10.3. The molecule has 6 nitrogen and oxygen atoms in total. The summed E-state index contributed by atoms with van der Waals surface area (Å²) in [6.07, 6.45) is -1.37. The molecule has 30 heavy (non-hydrogen) atoms. The van der Waals surface area contributed by atoms with Crippen molar-refractivity contribution in [2.45, 2.75) is 39.5 Å². The van der Waals surface area contributed by atoms with Gasteiger partial charge in [0, 0.05) is 18.2 Å². The number of para-hydroxylation sites is 1. The third-order valence-electron chi connectivity index (χ3n) is 5.31. The first-order valence-corrected chi connectivity index (χ1v) is 10.3. The van der Waals surface area contributed by atoms with E-state index >= 15 is 0 Å². The van der Waals surface area contributed by atoms with E-state index in [-0.39, 0.29) is 17.7 Å². The lowest BCUT2D eigenvalue weighted by atomic mass is 9.92. The Kier molecular flexibility index (Phi) is 6.67. The van der Waals surface area contributed by atoms with Crippen LogP contribution < -0.4 is 10.2 Å². The molecule has 0 aromatic heterocycles. The average Bonchev–Trinajstić information content (AvgIpc) is 2.83. The van der Waals surface area contributed by atoms with Gasteiger partial charge in [-0.2, -0.15) is 0 Å². The Hall–Kier alpha value is -2.99. The third kappa shape index (κ3) is 4.60. The van der Waals surface area contributed by atoms with Crippen molar-refractivity contribution < 1.29 is 14.7 Å². The van der Waals surface area contributed by atoms with E-state index < -0.39 is 18.2 Å². The summed E-state index contributed by atoms with van der Waals surface area (Å²) < 4.78 is 0. The minimum atomic E-state index is -1.07. The van der Waals surface area contributed by atoms with E-state index in [2.05, 4.69) is 5.32 Å². The molecule has 0 bridgehead atoms. The summed E-state index contributed by atoms with van der Waals surface area (Å²) in [5.41, 5.74) is 3.06. The highest BCUT2D eigenvalue weighted by Crippen LogP contribution is 2.27. The van der Waals surface area contributed by atoms with Crippen LogP contribution in [-0.4, -0.2) is 41.9 Å². The number of nitrogens with zero attached hydrogens (tertiary/aromatic N) is 2. The van der Waals surface area contributed by atoms with Gasteiger partial charge in [0.2, 0.25) is 12.1 Å². The molecule has 0 fully saturated rings. The Morgan fingerprint density at radius 3 is 2.37 bits per heavy atom. The molecule has 1 aliphatic rings. The maximum atomic E-state index is 13.2. The summed E-state index contributed by atoms with van der Waals surface area (Å²) in [5.74, 6) is -1.07. The van der Waals surface area contributed by atoms with E-state index in [0.717, 1.165) is 16.8 Å². The molecular weight excluding hydrogens is 378 g/mol. The number of aliphatic imine (C=N–C) groups is 1. The first kappa shape index (κ1) is 21.7. The van der Waals surface area contributed by atoms with Gasteiger partial charge in [-0.05, 0) is 25.3 Å². The van der Waals surface area contributed by atoms with Crippen LogP contribution in [0.25, 0.3) is 0 Å². The van der Waals surface area contributed by atoms with Crippen molar-refractivity contribution in [1.29, 1.82) is 0 Å². The summed E-state index contributed by atoms with van der Waals surface area (Å²) in [6.45, 7) is 5.59. The lowest BCUT2D eigenvalue weighted by Gasteiger charge is -2.25. The molecule has 0 radical (unpaired) electrons. The van der Waals surface area contributed by atoms with Crippen LogP contribution in [0.5, 0.6) is 0 Å². The number of anilines is 1. The molecule has 2 aromatic rings. The third-order valence-corrected chi connectivity index (χ3v) is 5.31. The fraction of sp³-hybridized carbons (Fsp3) is 0.375. The zero-order chi connectivity index (χ0) is 21.8. The highest BCUT2D eigenvalue weighted by molar-refractivity contribution is 6.20. The van der Waals surface area contributed by atoms with Crippen LogP contribution in [0.4, 0.5) is 5.69 Å². The Labute approximate surface area is 177 Å². The average molecular weight is 408 g/mol. The fourth-order valence-electron chi connectivity index (χ4n) is 3.72. The van der Waals surface area contributed by atoms with Gasteiger partial charge in [-0.3, -0.25) is 9.59 Å². The zero-order valence-corrected chi connectivity index (χ0v) is 17.9. The van der Waals surface area contributed by atoms with Crippen LogP contribution in [-0.2, 0) is 9.59 Å². The second-order valence-electron chi connectivity index (χ2n) is 8.15. The molecule has 3 rings (SSSR count). The minimum Gasteiger partial charge on any atom is -0.393 e. The number of rotatable bonds is 6. The maximum Gasteiger partial charge on any atom is 0.272 e. The van der Waals surface area contributed by atoms with Crippen LogP contribution >= 0.6 is 0 Å². The lowest BCUT2D eigenvalue weighted by Crippen LogP contribution is -2.49. The molecule has 1 unspecified atom stereocenters. The number of hydrogen-bond donors (Lipinski definition) is 2. The smallest absolute Gasteiger partial charge is 0.272 e. The molecule has 0 spiro atoms. The molecule has 3 atom stereocenters. The predicted molar refractivity (Wildman–Crippen MR) is 118 cm³/mol. The van der Waals surface area contributed by atoms with Crippen LogP contribution in [0.3, 0.4) is 0 Å². The second-order valence-corrected chi connectivity index (χ2v) is 8.15. The number of benzene rings is 2. The second kappa shape index (κ2) is 9.22. The van der Waals surface area contributed by atoms with Crippen LogP contribution in [0.15, 0.2) is 59.6 Å². The molecule has 2 N–H and O–H groups in total. The monoisotopic (exact) mass is 407 g/mol. The van der Waals surface area contributed by atoms with Gasteiger partial charge >= 0.3 is 0 Å². The number of aliphatic hydroxyl groups is 1. The van der Waals surface area contributed by atoms with Gasteiger partial charge in [-0.25, -0.2) is 4.99 Å². The summed E-state index contributed by atoms with van der Waals surface area (Å²) in [4.78, 5) is 32.4. The molecular formula is C24H29N3O3. The lowest BCUT2D eigenvalue weighted by molar-refractivity contribution is -0.132. The molecule has 6 heteroatoms. The van der Waals surface area contributed by atoms with Gasteiger partial charge in [-0.15, -0.1) is 0 Å². The Morgan fingerprint density at radius 1 is 1.10 bits per heavy atom. The van der Waals surface area contributed by atoms with Crippen molar-refractivity contribution >= 4 is 23.2 Å². The van der Waals surface area contributed by atoms with Gasteiger partial charge in [-0.1, -0.05) is 62.4 Å². The number of aliphatic hydroxyl groups excluding tert-OH is 1. The molecule has 0 saturated heterocycles. The van der Waals surface area contributed by atoms with Gasteiger partial charge in [0.05, 0.1) is 23.4 Å². The largest absolute Gasteiger partial charge is 0.393 e. The number of nitrogens with one attached hydrogen (secondary N) is 1. The van der Waals surface area contributed by atoms with Crippen molar-refractivity contribution in [1.82, 2.24) is 5.32 Å². The fourth-order valence-corrected chi connectivity index (χ4v) is 3.72. The quantitative estimate of drug-likeness (QED) is 0.772. The van der Waals surface area contributed by atoms with E-state index in [9.17, 15) is 14.7 Å². The van der Waals surface area contributed by atoms with Crippen LogP contribution in [0.2, 0.25) is 0 Å². The predicted octanol–water partition coefficient (Wildman–Crippen LogP) is 2.99. The van der Waals surface area contributed by atoms with Crippen molar-refractivity contribution in [2.75, 3.05) is 11.9 Å². The molecule has 0 saturated carbocycles. The summed E-state index contributed by atoms with van der Waals surface area (Å²) >= 11 is 0. The van der Waals surface area contributed by atoms with Crippen LogP contribution in [0, 0.1) is 11.8 Å². The van der Waals surface area contributed by atoms with E-state index in [1.807, 2.05) is 68.4 Å². The Morgan fingerprint density at radius 2 is 1.73 bits per heavy atom. The van der Waals surface area contributed by atoms with Crippen molar-refractivity contribution in [2.24, 2.45) is 16.8 Å². The highest BCUT2D eigenvalue weighted by atomic mass is 16.3. The van der Waals surface area contributed by atoms with Gasteiger partial charge < -0.3 is 15.3 Å². The normalized spacial score (nSPS) is 18.3. The number of benzodiazepines with no additional fused rings is 1. The van der Waals surface area contributed by atoms with Crippen molar-refractivity contribution in [3.8, 4) is 0 Å². The van der Waals surface area contributed by atoms with Crippen molar-refractivity contribution in [3.05, 3.63) is 65.7 Å². The maximum absolute atomic E-state index is 13.2. The Balaban J connectivity index is 2.02. The number of hydrogen-bond acceptors (Lipinski definition) is 4. The van der Waals surface area contributed by atoms with E-state index in [1.54, 1.807) is 14.0 Å². The van der Waals surface area contributed by atoms with E-state index in [1.165, 1.54) is 4.90 Å². The van der Waals surface area contributed by atoms with Crippen LogP contribution in [0.1, 0.15) is 38.3 Å². The number of amides is 2. The number of carbonyl (C=O) groups excluding carboxylic acids is 2. The molecule has 1 aliphatic heterocycles. The first-order chi connectivity index (χ1) is 14.3. The van der Waals surface area contributed by atoms with Gasteiger partial charge in [0.25, 0.3) is 5.91 Å². The molecule has 0 aliphatic carbocycles. The zero-order valence-electron chi connectivity index (χ0n) is 17.9. The van der Waals surface area contributed by atoms with E-state index in [4.69, 9.17) is 4.99 Å². The number of carbonyl (C=O) groups is 2. The Bertz CT molecular complexity index is 938. The minimum absolute atomic E-state index is 0.232. The summed E-state index contributed by atoms with van der Waals surface area (Å²) in [6, 6.07) is 17.2. The standard InChI is InChI=1S/C24H29N3O3/c1-15(2)14-19(16(3)28)23(29)26-22-24(30)27(4)20-13-9-8-12-18(20)21(25-22)17-10-6-5-7-11-17/h5-13,15-16,19,22,28H,14H2,1-4H3,(H,26,29)/t16-,19-,22?/m0/s1. The summed E-state index contributed by atoms with van der Waals surface area (Å²) in [5, 5.41) is 12.9. The van der Waals surface area contributed by atoms with Gasteiger partial charge in [0.15, 0.2) is 0 Å². The van der Waals surface area contributed by atoms with E-state index in [0.29, 0.717) is 12.1 Å². The number of likely N-dealkylation sites (N-methyl/N-ethyl adjacent to an activating group) is 1. The SMILES string of the molecule is CC(C)C[C@H](C(=O)NC1N=C(c2ccccc2)c2ccccc2N(C)C1=O)[C@H](C)O. The molecule has 2 amide bonds. The molecule has 2 aromatic carbocycles. The summed E-state index contributed by atoms with van der Waals surface area (Å²) in [7, 11) is 1.68. The molecule has 1 heterocycles. The topological polar surface area (TPSA) is 82.0 Å². The highest BCUT2D eigenvalue weighted by Gasteiger charge is 2.33. The molecule has 158 valence electrons. The van der Waals surface area contributed by atoms with Crippen molar-refractivity contribution in [3.63, 3.8) is 0 Å². The van der Waals surface area contributed by atoms with Gasteiger partial charge in [0.1, 0.15) is 0 Å².